The van der Waals surface area contributed by atoms with Crippen molar-refractivity contribution >= 4 is 17.3 Å². The molecule has 0 bridgehead atoms. The van der Waals surface area contributed by atoms with Gasteiger partial charge in [0.2, 0.25) is 0 Å². The molecule has 0 amide bonds. The van der Waals surface area contributed by atoms with Crippen molar-refractivity contribution in [1.29, 1.82) is 0 Å². The van der Waals surface area contributed by atoms with Crippen LogP contribution in [-0.4, -0.2) is 14.1 Å². The van der Waals surface area contributed by atoms with E-state index in [2.05, 4.69) is 60.6 Å². The fraction of sp³-hybridized carbons (Fsp3) is 0.294. The first-order valence-electron chi connectivity index (χ1n) is 6.83. The number of nitrogens with zero attached hydrogens (tertiary/aromatic N) is 1. The Labute approximate surface area is 126 Å². The second-order valence-corrected chi connectivity index (χ2v) is 5.49. The summed E-state index contributed by atoms with van der Waals surface area (Å²) in [4.78, 5) is 2.27. The van der Waals surface area contributed by atoms with Crippen LogP contribution in [0.5, 0.6) is 0 Å². The molecule has 0 heterocycles. The highest BCUT2D eigenvalue weighted by Gasteiger charge is 2.11. The predicted octanol–water partition coefficient (Wildman–Crippen LogP) is 4.26. The molecular weight excluding hydrogens is 268 g/mol. The normalized spacial score (nSPS) is 12.2. The van der Waals surface area contributed by atoms with Crippen molar-refractivity contribution in [2.45, 2.75) is 19.5 Å². The number of nitrogens with one attached hydrogen (secondary N) is 1. The summed E-state index contributed by atoms with van der Waals surface area (Å²) in [5, 5.41) is 4.08. The van der Waals surface area contributed by atoms with Crippen LogP contribution < -0.4 is 10.2 Å². The highest BCUT2D eigenvalue weighted by atomic mass is 35.5. The molecule has 0 saturated carbocycles. The van der Waals surface area contributed by atoms with Crippen LogP contribution in [0.3, 0.4) is 0 Å². The van der Waals surface area contributed by atoms with E-state index in [1.165, 1.54) is 16.8 Å². The van der Waals surface area contributed by atoms with Gasteiger partial charge in [-0.3, -0.25) is 0 Å². The number of anilines is 1. The Hall–Kier alpha value is -1.51. The molecule has 1 atom stereocenters. The monoisotopic (exact) mass is 288 g/mol. The van der Waals surface area contributed by atoms with E-state index >= 15 is 0 Å². The molecular formula is C17H21ClN2. The number of benzene rings is 2. The van der Waals surface area contributed by atoms with Gasteiger partial charge in [0.15, 0.2) is 0 Å². The van der Waals surface area contributed by atoms with Crippen molar-refractivity contribution < 1.29 is 0 Å². The third kappa shape index (κ3) is 3.53. The summed E-state index contributed by atoms with van der Waals surface area (Å²) in [6.07, 6.45) is 0. The van der Waals surface area contributed by atoms with Crippen molar-refractivity contribution in [1.82, 2.24) is 5.32 Å². The van der Waals surface area contributed by atoms with E-state index in [0.29, 0.717) is 6.04 Å². The molecule has 0 radical (unpaired) electrons. The summed E-state index contributed by atoms with van der Waals surface area (Å²) in [6.45, 7) is 3.04. The van der Waals surface area contributed by atoms with Crippen molar-refractivity contribution in [3.63, 3.8) is 0 Å². The van der Waals surface area contributed by atoms with E-state index in [-0.39, 0.29) is 0 Å². The van der Waals surface area contributed by atoms with E-state index < -0.39 is 0 Å². The van der Waals surface area contributed by atoms with Crippen LogP contribution >= 0.6 is 11.6 Å². The number of hydrogen-bond donors (Lipinski definition) is 1. The zero-order chi connectivity index (χ0) is 14.5. The Balaban J connectivity index is 2.20. The van der Waals surface area contributed by atoms with Crippen molar-refractivity contribution in [3.05, 3.63) is 64.7 Å². The van der Waals surface area contributed by atoms with Gasteiger partial charge in [0.25, 0.3) is 0 Å². The van der Waals surface area contributed by atoms with Crippen molar-refractivity contribution in [2.75, 3.05) is 19.0 Å². The minimum Gasteiger partial charge on any atom is -0.370 e. The van der Waals surface area contributed by atoms with Gasteiger partial charge in [-0.1, -0.05) is 41.9 Å². The number of para-hydroxylation sites is 1. The van der Waals surface area contributed by atoms with Gasteiger partial charge in [0, 0.05) is 30.3 Å². The van der Waals surface area contributed by atoms with Gasteiger partial charge in [-0.2, -0.15) is 0 Å². The third-order valence-electron chi connectivity index (χ3n) is 3.58. The van der Waals surface area contributed by atoms with Crippen LogP contribution in [0.4, 0.5) is 5.69 Å². The molecule has 0 aliphatic carbocycles. The molecule has 1 unspecified atom stereocenters. The Bertz CT molecular complexity index is 551. The third-order valence-corrected chi connectivity index (χ3v) is 3.83. The summed E-state index contributed by atoms with van der Waals surface area (Å²) in [5.74, 6) is 0. The van der Waals surface area contributed by atoms with E-state index in [4.69, 9.17) is 11.6 Å². The van der Waals surface area contributed by atoms with Crippen LogP contribution in [0.1, 0.15) is 24.1 Å². The van der Waals surface area contributed by atoms with Crippen molar-refractivity contribution in [3.8, 4) is 0 Å². The lowest BCUT2D eigenvalue weighted by molar-refractivity contribution is 0.649. The lowest BCUT2D eigenvalue weighted by atomic mass is 10.0. The first kappa shape index (κ1) is 14.9. The van der Waals surface area contributed by atoms with Gasteiger partial charge in [0.05, 0.1) is 0 Å². The minimum absolute atomic E-state index is 0.332. The molecule has 0 aromatic heterocycles. The first-order valence-corrected chi connectivity index (χ1v) is 7.21. The Kier molecular flexibility index (Phi) is 5.05. The molecule has 106 valence electrons. The summed E-state index contributed by atoms with van der Waals surface area (Å²) >= 11 is 5.93. The van der Waals surface area contributed by atoms with Gasteiger partial charge in [-0.05, 0) is 43.3 Å². The predicted molar refractivity (Wildman–Crippen MR) is 87.5 cm³/mol. The highest BCUT2D eigenvalue weighted by Crippen LogP contribution is 2.26. The Morgan fingerprint density at radius 2 is 1.75 bits per heavy atom. The summed E-state index contributed by atoms with van der Waals surface area (Å²) in [5.41, 5.74) is 3.82. The van der Waals surface area contributed by atoms with Crippen LogP contribution in [0.2, 0.25) is 5.02 Å². The van der Waals surface area contributed by atoms with E-state index in [9.17, 15) is 0 Å². The maximum atomic E-state index is 5.93. The van der Waals surface area contributed by atoms with Gasteiger partial charge in [-0.15, -0.1) is 0 Å². The van der Waals surface area contributed by atoms with E-state index in [0.717, 1.165) is 11.6 Å². The smallest absolute Gasteiger partial charge is 0.0426 e. The van der Waals surface area contributed by atoms with Gasteiger partial charge in [-0.25, -0.2) is 0 Å². The summed E-state index contributed by atoms with van der Waals surface area (Å²) < 4.78 is 0. The average Bonchev–Trinajstić information content (AvgIpc) is 2.48. The van der Waals surface area contributed by atoms with Crippen LogP contribution in [0.15, 0.2) is 48.5 Å². The fourth-order valence-corrected chi connectivity index (χ4v) is 2.43. The molecule has 0 aliphatic heterocycles. The van der Waals surface area contributed by atoms with Gasteiger partial charge in [0.1, 0.15) is 0 Å². The fourth-order valence-electron chi connectivity index (χ4n) is 2.31. The van der Waals surface area contributed by atoms with E-state index in [1.807, 2.05) is 19.2 Å². The molecule has 2 nitrogen and oxygen atoms in total. The highest BCUT2D eigenvalue weighted by molar-refractivity contribution is 6.30. The average molecular weight is 289 g/mol. The molecule has 20 heavy (non-hydrogen) atoms. The molecule has 2 rings (SSSR count). The second kappa shape index (κ2) is 6.78. The van der Waals surface area contributed by atoms with Crippen LogP contribution in [0, 0.1) is 0 Å². The Morgan fingerprint density at radius 1 is 1.10 bits per heavy atom. The Morgan fingerprint density at radius 3 is 2.40 bits per heavy atom. The zero-order valence-electron chi connectivity index (χ0n) is 12.2. The van der Waals surface area contributed by atoms with Gasteiger partial charge >= 0.3 is 0 Å². The largest absolute Gasteiger partial charge is 0.370 e. The maximum Gasteiger partial charge on any atom is 0.0426 e. The SMILES string of the molecule is CNC(C)c1ccccc1N(C)Cc1ccc(Cl)cc1. The quantitative estimate of drug-likeness (QED) is 0.884. The topological polar surface area (TPSA) is 15.3 Å². The molecule has 0 saturated heterocycles. The lowest BCUT2D eigenvalue weighted by Crippen LogP contribution is -2.21. The molecule has 0 spiro atoms. The zero-order valence-corrected chi connectivity index (χ0v) is 13.0. The molecule has 0 fully saturated rings. The molecule has 2 aromatic carbocycles. The number of halogens is 1. The first-order chi connectivity index (χ1) is 9.61. The van der Waals surface area contributed by atoms with Crippen LogP contribution in [-0.2, 0) is 6.54 Å². The second-order valence-electron chi connectivity index (χ2n) is 5.05. The molecule has 2 aromatic rings. The van der Waals surface area contributed by atoms with Crippen molar-refractivity contribution in [2.24, 2.45) is 0 Å². The summed E-state index contributed by atoms with van der Waals surface area (Å²) in [7, 11) is 4.11. The summed E-state index contributed by atoms with van der Waals surface area (Å²) in [6, 6.07) is 16.9. The number of rotatable bonds is 5. The van der Waals surface area contributed by atoms with Gasteiger partial charge < -0.3 is 10.2 Å². The maximum absolute atomic E-state index is 5.93. The minimum atomic E-state index is 0.332. The lowest BCUT2D eigenvalue weighted by Gasteiger charge is -2.25. The number of hydrogen-bond acceptors (Lipinski definition) is 2. The standard InChI is InChI=1S/C17H21ClN2/c1-13(19-2)16-6-4-5-7-17(16)20(3)12-14-8-10-15(18)11-9-14/h4-11,13,19H,12H2,1-3H3. The van der Waals surface area contributed by atoms with Crippen LogP contribution in [0.25, 0.3) is 0 Å². The van der Waals surface area contributed by atoms with E-state index in [1.54, 1.807) is 0 Å². The molecule has 0 aliphatic rings. The molecule has 1 N–H and O–H groups in total. The molecule has 3 heteroatoms.